The van der Waals surface area contributed by atoms with Gasteiger partial charge in [-0.15, -0.1) is 5.10 Å². The number of fused-ring (bicyclic) bond motifs is 1. The minimum Gasteiger partial charge on any atom is -0.493 e. The number of hydrogen-bond acceptors (Lipinski definition) is 6. The van der Waals surface area contributed by atoms with Crippen molar-refractivity contribution in [3.8, 4) is 22.8 Å². The van der Waals surface area contributed by atoms with Crippen molar-refractivity contribution < 1.29 is 14.6 Å². The van der Waals surface area contributed by atoms with Gasteiger partial charge in [-0.1, -0.05) is 6.92 Å². The van der Waals surface area contributed by atoms with Gasteiger partial charge in [-0.3, -0.25) is 0 Å². The van der Waals surface area contributed by atoms with E-state index >= 15 is 0 Å². The minimum atomic E-state index is -0.0296. The highest BCUT2D eigenvalue weighted by molar-refractivity contribution is 5.67. The Morgan fingerprint density at radius 2 is 1.96 bits per heavy atom. The number of aliphatic hydroxyl groups is 1. The number of benzene rings is 1. The van der Waals surface area contributed by atoms with Crippen LogP contribution in [-0.4, -0.2) is 46.6 Å². The minimum absolute atomic E-state index is 0.0296. The molecule has 0 saturated heterocycles. The van der Waals surface area contributed by atoms with Gasteiger partial charge in [0, 0.05) is 5.56 Å². The molecule has 2 heterocycles. The quantitative estimate of drug-likeness (QED) is 0.687. The third-order valence-electron chi connectivity index (χ3n) is 4.11. The highest BCUT2D eigenvalue weighted by Crippen LogP contribution is 2.32. The molecule has 2 N–H and O–H groups in total. The number of imidazole rings is 1. The molecule has 132 valence electrons. The molecule has 0 radical (unpaired) electrons. The van der Waals surface area contributed by atoms with Crippen LogP contribution < -0.4 is 14.8 Å². The summed E-state index contributed by atoms with van der Waals surface area (Å²) in [6, 6.07) is 9.41. The van der Waals surface area contributed by atoms with Gasteiger partial charge in [-0.2, -0.15) is 0 Å². The summed E-state index contributed by atoms with van der Waals surface area (Å²) in [5.41, 5.74) is 2.51. The van der Waals surface area contributed by atoms with Crippen molar-refractivity contribution in [2.75, 3.05) is 26.1 Å². The van der Waals surface area contributed by atoms with E-state index in [2.05, 4.69) is 15.4 Å². The lowest BCUT2D eigenvalue weighted by molar-refractivity contribution is 0.271. The number of methoxy groups -OCH3 is 2. The van der Waals surface area contributed by atoms with Gasteiger partial charge >= 0.3 is 0 Å². The molecule has 1 aromatic carbocycles. The summed E-state index contributed by atoms with van der Waals surface area (Å²) in [4.78, 5) is 4.40. The molecule has 0 aliphatic carbocycles. The van der Waals surface area contributed by atoms with Crippen LogP contribution >= 0.6 is 0 Å². The van der Waals surface area contributed by atoms with Crippen molar-refractivity contribution in [3.63, 3.8) is 0 Å². The van der Waals surface area contributed by atoms with Crippen LogP contribution in [0.3, 0.4) is 0 Å². The second-order valence-corrected chi connectivity index (χ2v) is 5.63. The molecule has 7 nitrogen and oxygen atoms in total. The predicted molar refractivity (Wildman–Crippen MR) is 96.3 cm³/mol. The Labute approximate surface area is 146 Å². The van der Waals surface area contributed by atoms with E-state index in [0.717, 1.165) is 23.3 Å². The van der Waals surface area contributed by atoms with Crippen LogP contribution in [0.2, 0.25) is 0 Å². The number of anilines is 1. The van der Waals surface area contributed by atoms with Gasteiger partial charge in [0.2, 0.25) is 0 Å². The average molecular weight is 342 g/mol. The molecule has 3 aromatic rings. The highest BCUT2D eigenvalue weighted by Gasteiger charge is 2.12. The smallest absolute Gasteiger partial charge is 0.161 e. The summed E-state index contributed by atoms with van der Waals surface area (Å²) in [5.74, 6) is 2.01. The first kappa shape index (κ1) is 17.0. The molecular formula is C18H22N4O3. The molecule has 1 unspecified atom stereocenters. The van der Waals surface area contributed by atoms with E-state index in [4.69, 9.17) is 9.47 Å². The summed E-state index contributed by atoms with van der Waals surface area (Å²) >= 11 is 0. The van der Waals surface area contributed by atoms with Gasteiger partial charge in [0.1, 0.15) is 5.82 Å². The number of hydrogen-bond donors (Lipinski definition) is 2. The van der Waals surface area contributed by atoms with Gasteiger partial charge in [-0.25, -0.2) is 9.50 Å². The van der Waals surface area contributed by atoms with Crippen LogP contribution in [0.4, 0.5) is 5.82 Å². The summed E-state index contributed by atoms with van der Waals surface area (Å²) in [7, 11) is 3.22. The molecule has 0 spiro atoms. The van der Waals surface area contributed by atoms with Crippen molar-refractivity contribution in [2.24, 2.45) is 0 Å². The molecule has 0 bridgehead atoms. The molecule has 3 rings (SSSR count). The first-order valence-corrected chi connectivity index (χ1v) is 8.14. The van der Waals surface area contributed by atoms with Crippen LogP contribution in [0, 0.1) is 0 Å². The van der Waals surface area contributed by atoms with E-state index < -0.39 is 0 Å². The van der Waals surface area contributed by atoms with E-state index in [-0.39, 0.29) is 12.6 Å². The van der Waals surface area contributed by atoms with Gasteiger partial charge in [0.05, 0.1) is 38.8 Å². The number of aliphatic hydroxyl groups excluding tert-OH is 1. The Balaban J connectivity index is 2.02. The third-order valence-corrected chi connectivity index (χ3v) is 4.11. The average Bonchev–Trinajstić information content (AvgIpc) is 3.08. The lowest BCUT2D eigenvalue weighted by atomic mass is 10.1. The fraction of sp³-hybridized carbons (Fsp3) is 0.333. The fourth-order valence-electron chi connectivity index (χ4n) is 2.63. The molecular weight excluding hydrogens is 320 g/mol. The number of aromatic nitrogens is 3. The lowest BCUT2D eigenvalue weighted by Gasteiger charge is -2.15. The molecule has 0 saturated carbocycles. The molecule has 7 heteroatoms. The largest absolute Gasteiger partial charge is 0.493 e. The first-order chi connectivity index (χ1) is 12.2. The van der Waals surface area contributed by atoms with Crippen molar-refractivity contribution in [3.05, 3.63) is 36.5 Å². The maximum atomic E-state index is 9.37. The predicted octanol–water partition coefficient (Wildman–Crippen LogP) is 2.60. The molecule has 0 fully saturated rings. The van der Waals surface area contributed by atoms with Gasteiger partial charge in [-0.05, 0) is 36.8 Å². The van der Waals surface area contributed by atoms with Gasteiger partial charge in [0.25, 0.3) is 0 Å². The van der Waals surface area contributed by atoms with Crippen LogP contribution in [-0.2, 0) is 0 Å². The molecule has 0 aliphatic rings. The molecule has 25 heavy (non-hydrogen) atoms. The van der Waals surface area contributed by atoms with E-state index in [1.54, 1.807) is 24.9 Å². The van der Waals surface area contributed by atoms with Crippen molar-refractivity contribution in [2.45, 2.75) is 19.4 Å². The van der Waals surface area contributed by atoms with Crippen LogP contribution in [0.1, 0.15) is 13.3 Å². The fourth-order valence-corrected chi connectivity index (χ4v) is 2.63. The second-order valence-electron chi connectivity index (χ2n) is 5.63. The van der Waals surface area contributed by atoms with Crippen LogP contribution in [0.5, 0.6) is 11.5 Å². The highest BCUT2D eigenvalue weighted by atomic mass is 16.5. The number of nitrogens with zero attached hydrogens (tertiary/aromatic N) is 3. The lowest BCUT2D eigenvalue weighted by Crippen LogP contribution is -2.23. The summed E-state index contributed by atoms with van der Waals surface area (Å²) < 4.78 is 12.4. The zero-order chi connectivity index (χ0) is 17.8. The maximum Gasteiger partial charge on any atom is 0.161 e. The first-order valence-electron chi connectivity index (χ1n) is 8.14. The van der Waals surface area contributed by atoms with Crippen molar-refractivity contribution >= 4 is 11.5 Å². The maximum absolute atomic E-state index is 9.37. The Bertz CT molecular complexity index is 859. The standard InChI is InChI=1S/C18H22N4O3/c1-4-13(11-23)20-17-7-8-18-19-10-14(22(18)21-17)12-5-6-15(24-2)16(9-12)25-3/h5-10,13,23H,4,11H2,1-3H3,(H,20,21). The zero-order valence-corrected chi connectivity index (χ0v) is 14.6. The van der Waals surface area contributed by atoms with Crippen molar-refractivity contribution in [1.29, 1.82) is 0 Å². The van der Waals surface area contributed by atoms with Crippen molar-refractivity contribution in [1.82, 2.24) is 14.6 Å². The Morgan fingerprint density at radius 3 is 2.64 bits per heavy atom. The normalized spacial score (nSPS) is 12.2. The monoisotopic (exact) mass is 342 g/mol. The summed E-state index contributed by atoms with van der Waals surface area (Å²) in [5, 5.41) is 17.2. The Hall–Kier alpha value is -2.80. The molecule has 0 amide bonds. The second kappa shape index (κ2) is 7.40. The number of ether oxygens (including phenoxy) is 2. The van der Waals surface area contributed by atoms with E-state index in [1.807, 2.05) is 37.3 Å². The number of nitrogens with one attached hydrogen (secondary N) is 1. The zero-order valence-electron chi connectivity index (χ0n) is 14.6. The van der Waals surface area contributed by atoms with Gasteiger partial charge < -0.3 is 19.9 Å². The van der Waals surface area contributed by atoms with E-state index in [0.29, 0.717) is 17.3 Å². The van der Waals surface area contributed by atoms with E-state index in [9.17, 15) is 5.11 Å². The molecule has 2 aromatic heterocycles. The SMILES string of the molecule is CCC(CO)Nc1ccc2ncc(-c3ccc(OC)c(OC)c3)n2n1. The van der Waals surface area contributed by atoms with Crippen LogP contribution in [0.25, 0.3) is 16.9 Å². The number of rotatable bonds is 7. The van der Waals surface area contributed by atoms with E-state index in [1.165, 1.54) is 0 Å². The van der Waals surface area contributed by atoms with Crippen LogP contribution in [0.15, 0.2) is 36.5 Å². The third kappa shape index (κ3) is 3.36. The molecule has 0 aliphatic heterocycles. The summed E-state index contributed by atoms with van der Waals surface area (Å²) in [6.07, 6.45) is 2.58. The topological polar surface area (TPSA) is 80.9 Å². The summed E-state index contributed by atoms with van der Waals surface area (Å²) in [6.45, 7) is 2.07. The molecule has 1 atom stereocenters. The Morgan fingerprint density at radius 1 is 1.16 bits per heavy atom. The Kier molecular flexibility index (Phi) is 5.04. The van der Waals surface area contributed by atoms with Gasteiger partial charge in [0.15, 0.2) is 17.1 Å².